The van der Waals surface area contributed by atoms with E-state index in [1.54, 1.807) is 6.20 Å². The lowest BCUT2D eigenvalue weighted by Gasteiger charge is -2.26. The summed E-state index contributed by atoms with van der Waals surface area (Å²) < 4.78 is 2.00. The molecule has 0 spiro atoms. The molecule has 17 heavy (non-hydrogen) atoms. The van der Waals surface area contributed by atoms with Crippen molar-refractivity contribution in [3.05, 3.63) is 18.2 Å². The van der Waals surface area contributed by atoms with Crippen molar-refractivity contribution in [1.29, 1.82) is 0 Å². The van der Waals surface area contributed by atoms with Crippen LogP contribution in [0.25, 0.3) is 0 Å². The van der Waals surface area contributed by atoms with Crippen LogP contribution in [0, 0.1) is 0 Å². The Hall–Kier alpha value is -0.870. The topological polar surface area (TPSA) is 41.3 Å². The molecule has 96 valence electrons. The Labute approximate surface area is 103 Å². The van der Waals surface area contributed by atoms with Crippen LogP contribution < -0.4 is 0 Å². The van der Waals surface area contributed by atoms with Crippen LogP contribution in [0.2, 0.25) is 0 Å². The first-order chi connectivity index (χ1) is 8.13. The molecule has 2 rings (SSSR count). The maximum Gasteiger partial charge on any atom is 0.111 e. The van der Waals surface area contributed by atoms with E-state index in [2.05, 4.69) is 16.8 Å². The highest BCUT2D eigenvalue weighted by Crippen LogP contribution is 2.25. The second-order valence-corrected chi connectivity index (χ2v) is 5.14. The summed E-state index contributed by atoms with van der Waals surface area (Å²) in [6.45, 7) is 5.37. The zero-order valence-corrected chi connectivity index (χ0v) is 10.9. The Balaban J connectivity index is 2.01. The summed E-state index contributed by atoms with van der Waals surface area (Å²) in [5.74, 6) is 0.984. The maximum absolute atomic E-state index is 10.7. The van der Waals surface area contributed by atoms with Crippen LogP contribution >= 0.6 is 0 Å². The van der Waals surface area contributed by atoms with E-state index < -0.39 is 5.60 Å². The lowest BCUT2D eigenvalue weighted by molar-refractivity contribution is 0.0234. The molecule has 0 radical (unpaired) electrons. The molecule has 1 saturated heterocycles. The summed E-state index contributed by atoms with van der Waals surface area (Å²) in [5.41, 5.74) is -0.566. The monoisotopic (exact) mass is 237 g/mol. The zero-order valence-electron chi connectivity index (χ0n) is 10.9. The lowest BCUT2D eigenvalue weighted by atomic mass is 9.91. The number of hydrogen-bond acceptors (Lipinski definition) is 3. The van der Waals surface area contributed by atoms with Crippen LogP contribution in [0.15, 0.2) is 12.4 Å². The van der Waals surface area contributed by atoms with Gasteiger partial charge in [-0.1, -0.05) is 6.92 Å². The average molecular weight is 237 g/mol. The smallest absolute Gasteiger partial charge is 0.111 e. The molecule has 1 atom stereocenters. The summed E-state index contributed by atoms with van der Waals surface area (Å²) >= 11 is 0. The Kier molecular flexibility index (Phi) is 3.84. The molecular formula is C13H23N3O. The number of likely N-dealkylation sites (tertiary alicyclic amines) is 1. The van der Waals surface area contributed by atoms with Crippen molar-refractivity contribution in [3.8, 4) is 0 Å². The molecule has 1 aromatic rings. The van der Waals surface area contributed by atoms with Crippen molar-refractivity contribution in [2.75, 3.05) is 19.6 Å². The fourth-order valence-electron chi connectivity index (χ4n) is 2.59. The SMILES string of the molecule is CCN1CCCC(O)(Cc2nccn2C)CC1. The molecule has 1 fully saturated rings. The van der Waals surface area contributed by atoms with E-state index in [1.807, 2.05) is 17.8 Å². The molecule has 0 bridgehead atoms. The minimum atomic E-state index is -0.566. The van der Waals surface area contributed by atoms with E-state index >= 15 is 0 Å². The Morgan fingerprint density at radius 2 is 2.24 bits per heavy atom. The fraction of sp³-hybridized carbons (Fsp3) is 0.769. The molecule has 1 aliphatic heterocycles. The number of aromatic nitrogens is 2. The first-order valence-electron chi connectivity index (χ1n) is 6.54. The second kappa shape index (κ2) is 5.19. The van der Waals surface area contributed by atoms with Crippen LogP contribution in [0.4, 0.5) is 0 Å². The quantitative estimate of drug-likeness (QED) is 0.859. The van der Waals surface area contributed by atoms with Gasteiger partial charge in [0.1, 0.15) is 5.82 Å². The van der Waals surface area contributed by atoms with Crippen molar-refractivity contribution < 1.29 is 5.11 Å². The van der Waals surface area contributed by atoms with Gasteiger partial charge in [0.05, 0.1) is 5.60 Å². The van der Waals surface area contributed by atoms with Crippen LogP contribution in [0.5, 0.6) is 0 Å². The van der Waals surface area contributed by atoms with Crippen LogP contribution in [-0.2, 0) is 13.5 Å². The first-order valence-corrected chi connectivity index (χ1v) is 6.54. The predicted molar refractivity (Wildman–Crippen MR) is 67.8 cm³/mol. The van der Waals surface area contributed by atoms with Gasteiger partial charge in [-0.3, -0.25) is 0 Å². The van der Waals surface area contributed by atoms with Gasteiger partial charge in [0.15, 0.2) is 0 Å². The van der Waals surface area contributed by atoms with Crippen molar-refractivity contribution in [1.82, 2.24) is 14.5 Å². The number of aryl methyl sites for hydroxylation is 1. The molecule has 4 nitrogen and oxygen atoms in total. The molecular weight excluding hydrogens is 214 g/mol. The minimum Gasteiger partial charge on any atom is -0.389 e. The number of aliphatic hydroxyl groups is 1. The summed E-state index contributed by atoms with van der Waals surface area (Å²) in [7, 11) is 1.99. The Bertz CT molecular complexity index is 363. The molecule has 4 heteroatoms. The molecule has 1 aromatic heterocycles. The molecule has 0 aliphatic carbocycles. The highest BCUT2D eigenvalue weighted by molar-refractivity contribution is 4.99. The lowest BCUT2D eigenvalue weighted by Crippen LogP contribution is -2.34. The zero-order chi connectivity index (χ0) is 12.3. The van der Waals surface area contributed by atoms with Crippen molar-refractivity contribution in [3.63, 3.8) is 0 Å². The Morgan fingerprint density at radius 1 is 1.41 bits per heavy atom. The summed E-state index contributed by atoms with van der Waals surface area (Å²) in [6, 6.07) is 0. The average Bonchev–Trinajstić information content (AvgIpc) is 2.60. The van der Waals surface area contributed by atoms with Gasteiger partial charge in [-0.05, 0) is 32.4 Å². The van der Waals surface area contributed by atoms with E-state index in [4.69, 9.17) is 0 Å². The van der Waals surface area contributed by atoms with E-state index in [-0.39, 0.29) is 0 Å². The molecule has 0 saturated carbocycles. The van der Waals surface area contributed by atoms with Gasteiger partial charge in [0.25, 0.3) is 0 Å². The van der Waals surface area contributed by atoms with Crippen LogP contribution in [-0.4, -0.2) is 44.8 Å². The van der Waals surface area contributed by atoms with E-state index in [0.29, 0.717) is 6.42 Å². The molecule has 0 aromatic carbocycles. The van der Waals surface area contributed by atoms with Gasteiger partial charge in [0.2, 0.25) is 0 Å². The van der Waals surface area contributed by atoms with Crippen LogP contribution in [0.3, 0.4) is 0 Å². The summed E-state index contributed by atoms with van der Waals surface area (Å²) in [4.78, 5) is 6.73. The predicted octanol–water partition coefficient (Wildman–Crippen LogP) is 1.20. The van der Waals surface area contributed by atoms with Crippen LogP contribution in [0.1, 0.15) is 32.0 Å². The van der Waals surface area contributed by atoms with Gasteiger partial charge in [-0.2, -0.15) is 0 Å². The summed E-state index contributed by atoms with van der Waals surface area (Å²) in [6.07, 6.45) is 7.23. The van der Waals surface area contributed by atoms with E-state index in [9.17, 15) is 5.11 Å². The molecule has 2 heterocycles. The van der Waals surface area contributed by atoms with Gasteiger partial charge < -0.3 is 14.6 Å². The van der Waals surface area contributed by atoms with Crippen molar-refractivity contribution in [2.24, 2.45) is 7.05 Å². The first kappa shape index (κ1) is 12.6. The molecule has 0 amide bonds. The number of hydrogen-bond donors (Lipinski definition) is 1. The third-order valence-electron chi connectivity index (χ3n) is 3.87. The normalized spacial score (nSPS) is 27.0. The standard InChI is InChI=1S/C13H23N3O/c1-3-16-8-4-5-13(17,6-9-16)11-12-14-7-10-15(12)2/h7,10,17H,3-6,8-9,11H2,1-2H3. The van der Waals surface area contributed by atoms with Gasteiger partial charge in [-0.15, -0.1) is 0 Å². The largest absolute Gasteiger partial charge is 0.389 e. The highest BCUT2D eigenvalue weighted by Gasteiger charge is 2.31. The number of nitrogens with zero attached hydrogens (tertiary/aromatic N) is 3. The number of imidazole rings is 1. The third kappa shape index (κ3) is 3.07. The molecule has 1 aliphatic rings. The Morgan fingerprint density at radius 3 is 2.88 bits per heavy atom. The molecule has 1 unspecified atom stereocenters. The third-order valence-corrected chi connectivity index (χ3v) is 3.87. The minimum absolute atomic E-state index is 0.566. The molecule has 1 N–H and O–H groups in total. The fourth-order valence-corrected chi connectivity index (χ4v) is 2.59. The van der Waals surface area contributed by atoms with Crippen molar-refractivity contribution in [2.45, 2.75) is 38.2 Å². The van der Waals surface area contributed by atoms with Gasteiger partial charge >= 0.3 is 0 Å². The van der Waals surface area contributed by atoms with Gasteiger partial charge in [-0.25, -0.2) is 4.98 Å². The number of rotatable bonds is 3. The second-order valence-electron chi connectivity index (χ2n) is 5.14. The maximum atomic E-state index is 10.7. The van der Waals surface area contributed by atoms with E-state index in [0.717, 1.165) is 44.7 Å². The van der Waals surface area contributed by atoms with Gasteiger partial charge in [0, 0.05) is 32.4 Å². The highest BCUT2D eigenvalue weighted by atomic mass is 16.3. The summed E-state index contributed by atoms with van der Waals surface area (Å²) in [5, 5.41) is 10.7. The van der Waals surface area contributed by atoms with Crippen molar-refractivity contribution >= 4 is 0 Å². The van der Waals surface area contributed by atoms with E-state index in [1.165, 1.54) is 0 Å².